The molecule has 0 radical (unpaired) electrons. The van der Waals surface area contributed by atoms with E-state index in [4.69, 9.17) is 10.5 Å². The monoisotopic (exact) mass is 307 g/mol. The number of esters is 1. The second-order valence-corrected chi connectivity index (χ2v) is 6.55. The van der Waals surface area contributed by atoms with E-state index in [1.807, 2.05) is 0 Å². The maximum Gasteiger partial charge on any atom is 0.340 e. The van der Waals surface area contributed by atoms with Crippen molar-refractivity contribution in [3.05, 3.63) is 29.3 Å². The second kappa shape index (κ2) is 6.65. The Hall–Kier alpha value is -1.70. The maximum absolute atomic E-state index is 13.0. The molecule has 1 aromatic carbocycles. The lowest BCUT2D eigenvalue weighted by Crippen LogP contribution is -2.14. The fourth-order valence-corrected chi connectivity index (χ4v) is 2.25. The molecular formula is C12H15F2NO4S. The van der Waals surface area contributed by atoms with Crippen molar-refractivity contribution in [3.63, 3.8) is 0 Å². The van der Waals surface area contributed by atoms with Gasteiger partial charge in [-0.1, -0.05) is 6.92 Å². The molecule has 0 unspecified atom stereocenters. The summed E-state index contributed by atoms with van der Waals surface area (Å²) in [6.45, 7) is 1.37. The number of carbonyl (C=O) groups is 1. The molecule has 0 fully saturated rings. The van der Waals surface area contributed by atoms with E-state index >= 15 is 0 Å². The van der Waals surface area contributed by atoms with Crippen LogP contribution in [0.5, 0.6) is 0 Å². The van der Waals surface area contributed by atoms with Crippen molar-refractivity contribution in [1.82, 2.24) is 0 Å². The van der Waals surface area contributed by atoms with Crippen LogP contribution in [0.2, 0.25) is 0 Å². The van der Waals surface area contributed by atoms with Crippen LogP contribution in [0.15, 0.2) is 12.1 Å². The number of benzene rings is 1. The standard InChI is InChI=1S/C12H15F2NO4S/c1-2-20(17,18)5-3-4-19-12(16)8-6-9(13)10(14)7-11(8)15/h6-7H,2-5,15H2,1H3. The molecule has 0 aliphatic heterocycles. The summed E-state index contributed by atoms with van der Waals surface area (Å²) in [5.74, 6) is -3.38. The van der Waals surface area contributed by atoms with Gasteiger partial charge in [0.15, 0.2) is 11.6 Å². The van der Waals surface area contributed by atoms with Gasteiger partial charge in [0.1, 0.15) is 9.84 Å². The van der Waals surface area contributed by atoms with Crippen LogP contribution in [-0.4, -0.2) is 32.5 Å². The Labute approximate surface area is 115 Å². The quantitative estimate of drug-likeness (QED) is 0.489. The molecule has 2 N–H and O–H groups in total. The van der Waals surface area contributed by atoms with Crippen LogP contribution in [0.4, 0.5) is 14.5 Å². The lowest BCUT2D eigenvalue weighted by molar-refractivity contribution is 0.0506. The molecule has 0 saturated heterocycles. The van der Waals surface area contributed by atoms with Crippen LogP contribution in [0.1, 0.15) is 23.7 Å². The highest BCUT2D eigenvalue weighted by atomic mass is 32.2. The fraction of sp³-hybridized carbons (Fsp3) is 0.417. The predicted octanol–water partition coefficient (Wildman–Crippen LogP) is 1.53. The number of carbonyl (C=O) groups excluding carboxylic acids is 1. The van der Waals surface area contributed by atoms with Crippen molar-refractivity contribution in [2.45, 2.75) is 13.3 Å². The van der Waals surface area contributed by atoms with E-state index in [-0.39, 0.29) is 35.8 Å². The molecule has 0 heterocycles. The Balaban J connectivity index is 2.58. The summed E-state index contributed by atoms with van der Waals surface area (Å²) in [7, 11) is -3.13. The first-order chi connectivity index (χ1) is 9.26. The van der Waals surface area contributed by atoms with Gasteiger partial charge in [0.2, 0.25) is 0 Å². The largest absolute Gasteiger partial charge is 0.462 e. The lowest BCUT2D eigenvalue weighted by Gasteiger charge is -2.07. The minimum atomic E-state index is -3.13. The molecule has 0 bridgehead atoms. The number of nitrogens with two attached hydrogens (primary N) is 1. The number of halogens is 2. The van der Waals surface area contributed by atoms with E-state index in [0.29, 0.717) is 12.1 Å². The van der Waals surface area contributed by atoms with Crippen LogP contribution in [-0.2, 0) is 14.6 Å². The maximum atomic E-state index is 13.0. The highest BCUT2D eigenvalue weighted by Gasteiger charge is 2.16. The van der Waals surface area contributed by atoms with Crippen molar-refractivity contribution >= 4 is 21.5 Å². The average molecular weight is 307 g/mol. The number of nitrogen functional groups attached to an aromatic ring is 1. The Bertz CT molecular complexity index is 602. The average Bonchev–Trinajstić information content (AvgIpc) is 2.38. The van der Waals surface area contributed by atoms with Crippen molar-refractivity contribution in [1.29, 1.82) is 0 Å². The van der Waals surface area contributed by atoms with E-state index < -0.39 is 27.4 Å². The highest BCUT2D eigenvalue weighted by Crippen LogP contribution is 2.18. The summed E-state index contributed by atoms with van der Waals surface area (Å²) in [6, 6.07) is 1.34. The number of anilines is 1. The molecule has 20 heavy (non-hydrogen) atoms. The Morgan fingerprint density at radius 2 is 1.90 bits per heavy atom. The highest BCUT2D eigenvalue weighted by molar-refractivity contribution is 7.91. The van der Waals surface area contributed by atoms with E-state index in [0.717, 1.165) is 0 Å². The second-order valence-electron chi connectivity index (χ2n) is 4.08. The van der Waals surface area contributed by atoms with Gasteiger partial charge in [-0.25, -0.2) is 22.0 Å². The molecule has 0 aliphatic rings. The number of rotatable bonds is 6. The van der Waals surface area contributed by atoms with Gasteiger partial charge in [-0.2, -0.15) is 0 Å². The topological polar surface area (TPSA) is 86.5 Å². The summed E-state index contributed by atoms with van der Waals surface area (Å²) >= 11 is 0. The summed E-state index contributed by atoms with van der Waals surface area (Å²) in [4.78, 5) is 11.6. The van der Waals surface area contributed by atoms with Crippen molar-refractivity contribution in [2.24, 2.45) is 0 Å². The van der Waals surface area contributed by atoms with Crippen molar-refractivity contribution in [2.75, 3.05) is 23.8 Å². The number of ether oxygens (including phenoxy) is 1. The van der Waals surface area contributed by atoms with Crippen LogP contribution >= 0.6 is 0 Å². The first-order valence-electron chi connectivity index (χ1n) is 5.89. The lowest BCUT2D eigenvalue weighted by atomic mass is 10.1. The van der Waals surface area contributed by atoms with Crippen LogP contribution in [0.25, 0.3) is 0 Å². The molecule has 0 atom stereocenters. The number of hydrogen-bond donors (Lipinski definition) is 1. The molecule has 0 aromatic heterocycles. The normalized spacial score (nSPS) is 11.3. The molecule has 0 spiro atoms. The van der Waals surface area contributed by atoms with Crippen molar-refractivity contribution < 1.29 is 26.7 Å². The van der Waals surface area contributed by atoms with Crippen molar-refractivity contribution in [3.8, 4) is 0 Å². The SMILES string of the molecule is CCS(=O)(=O)CCCOC(=O)c1cc(F)c(F)cc1N. The first-order valence-corrected chi connectivity index (χ1v) is 7.71. The zero-order valence-electron chi connectivity index (χ0n) is 10.9. The third-order valence-corrected chi connectivity index (χ3v) is 4.38. The molecule has 1 rings (SSSR count). The smallest absolute Gasteiger partial charge is 0.340 e. The van der Waals surface area contributed by atoms with Gasteiger partial charge in [-0.15, -0.1) is 0 Å². The van der Waals surface area contributed by atoms with E-state index in [2.05, 4.69) is 0 Å². The van der Waals surface area contributed by atoms with Gasteiger partial charge in [-0.05, 0) is 12.5 Å². The molecular weight excluding hydrogens is 292 g/mol. The van der Waals surface area contributed by atoms with Gasteiger partial charge in [-0.3, -0.25) is 0 Å². The molecule has 8 heteroatoms. The molecule has 112 valence electrons. The number of sulfone groups is 1. The minimum absolute atomic E-state index is 0.0110. The zero-order valence-corrected chi connectivity index (χ0v) is 11.7. The third kappa shape index (κ3) is 4.44. The van der Waals surface area contributed by atoms with Gasteiger partial charge in [0.25, 0.3) is 0 Å². The number of hydrogen-bond acceptors (Lipinski definition) is 5. The van der Waals surface area contributed by atoms with Gasteiger partial charge < -0.3 is 10.5 Å². The van der Waals surface area contributed by atoms with Crippen LogP contribution in [0.3, 0.4) is 0 Å². The van der Waals surface area contributed by atoms with Gasteiger partial charge in [0.05, 0.1) is 17.9 Å². The van der Waals surface area contributed by atoms with Gasteiger partial charge in [0, 0.05) is 17.5 Å². The zero-order chi connectivity index (χ0) is 15.3. The van der Waals surface area contributed by atoms with E-state index in [9.17, 15) is 22.0 Å². The van der Waals surface area contributed by atoms with E-state index in [1.54, 1.807) is 0 Å². The van der Waals surface area contributed by atoms with Crippen LogP contribution in [0, 0.1) is 11.6 Å². The summed E-state index contributed by atoms with van der Waals surface area (Å²) < 4.78 is 53.0. The third-order valence-electron chi connectivity index (χ3n) is 2.59. The molecule has 5 nitrogen and oxygen atoms in total. The summed E-state index contributed by atoms with van der Waals surface area (Å²) in [6.07, 6.45) is 0.130. The summed E-state index contributed by atoms with van der Waals surface area (Å²) in [5.41, 5.74) is 4.85. The first kappa shape index (κ1) is 16.4. The fourth-order valence-electron chi connectivity index (χ4n) is 1.40. The van der Waals surface area contributed by atoms with Crippen LogP contribution < -0.4 is 5.73 Å². The molecule has 0 amide bonds. The molecule has 0 saturated carbocycles. The molecule has 1 aromatic rings. The summed E-state index contributed by atoms with van der Waals surface area (Å²) in [5, 5.41) is 0. The van der Waals surface area contributed by atoms with E-state index in [1.165, 1.54) is 6.92 Å². The minimum Gasteiger partial charge on any atom is -0.462 e. The Morgan fingerprint density at radius 1 is 1.30 bits per heavy atom. The predicted molar refractivity (Wildman–Crippen MR) is 70.0 cm³/mol. The molecule has 0 aliphatic carbocycles. The Kier molecular flexibility index (Phi) is 5.43. The Morgan fingerprint density at radius 3 is 2.50 bits per heavy atom. The van der Waals surface area contributed by atoms with Gasteiger partial charge >= 0.3 is 5.97 Å².